The monoisotopic (exact) mass is 907 g/mol. The van der Waals surface area contributed by atoms with Crippen LogP contribution in [0.4, 0.5) is 4.39 Å². The molecule has 63 heavy (non-hydrogen) atoms. The molecule has 0 radical (unpaired) electrons. The van der Waals surface area contributed by atoms with Crippen LogP contribution in [-0.4, -0.2) is 152 Å². The van der Waals surface area contributed by atoms with Gasteiger partial charge in [0.15, 0.2) is 17.2 Å². The van der Waals surface area contributed by atoms with E-state index in [2.05, 4.69) is 10.6 Å². The number of hydrogen-bond donors (Lipinski definition) is 7. The van der Waals surface area contributed by atoms with E-state index in [0.717, 1.165) is 11.8 Å². The van der Waals surface area contributed by atoms with Gasteiger partial charge in [0.2, 0.25) is 29.5 Å². The Morgan fingerprint density at radius 2 is 1.51 bits per heavy atom. The molecule has 0 saturated heterocycles. The Morgan fingerprint density at radius 1 is 0.937 bits per heavy atom. The van der Waals surface area contributed by atoms with Crippen LogP contribution in [0.25, 0.3) is 0 Å². The number of carbonyl (C=O) groups is 7. The molecule has 0 unspecified atom stereocenters. The van der Waals surface area contributed by atoms with E-state index in [1.54, 1.807) is 26.8 Å². The quantitative estimate of drug-likeness (QED) is 0.0758. The number of allylic oxidation sites excluding steroid dienone is 4. The second-order valence-electron chi connectivity index (χ2n) is 19.3. The Morgan fingerprint density at radius 3 is 2.10 bits per heavy atom. The molecular weight excluding hydrogens is 838 g/mol. The fourth-order valence-electron chi connectivity index (χ4n) is 10.9. The summed E-state index contributed by atoms with van der Waals surface area (Å²) in [6.45, 7) is 11.1. The third kappa shape index (κ3) is 10.7. The van der Waals surface area contributed by atoms with Crippen LogP contribution < -0.4 is 16.4 Å². The lowest BCUT2D eigenvalue weighted by atomic mass is 9.44. The van der Waals surface area contributed by atoms with Crippen molar-refractivity contribution in [1.29, 1.82) is 0 Å². The predicted molar refractivity (Wildman–Crippen MR) is 234 cm³/mol. The largest absolute Gasteiger partial charge is 0.396 e. The number of Topliss-reactive ketones (excluding diaryl/α,β-unsaturated/α-hetero) is 1. The number of nitrogens with two attached hydrogens (primary N) is 1. The molecule has 5 amide bonds. The number of nitrogens with one attached hydrogen (secondary N) is 2. The number of thioether (sulfide) groups is 1. The number of aliphatic hydroxyl groups excluding tert-OH is 3. The summed E-state index contributed by atoms with van der Waals surface area (Å²) in [5.41, 5.74) is -0.314. The van der Waals surface area contributed by atoms with Crippen molar-refractivity contribution in [2.24, 2.45) is 46.2 Å². The van der Waals surface area contributed by atoms with Crippen LogP contribution in [-0.2, 0) is 33.6 Å². The van der Waals surface area contributed by atoms with Crippen molar-refractivity contribution >= 4 is 52.9 Å². The van der Waals surface area contributed by atoms with E-state index < -0.39 is 114 Å². The molecule has 0 aliphatic heterocycles. The van der Waals surface area contributed by atoms with Crippen LogP contribution in [0.2, 0.25) is 0 Å². The van der Waals surface area contributed by atoms with Crippen molar-refractivity contribution in [2.45, 2.75) is 123 Å². The number of rotatable bonds is 22. The third-order valence-corrected chi connectivity index (χ3v) is 15.0. The van der Waals surface area contributed by atoms with Crippen LogP contribution in [0, 0.1) is 40.4 Å². The number of alkyl halides is 1. The highest BCUT2D eigenvalue weighted by Crippen LogP contribution is 2.70. The molecule has 3 saturated carbocycles. The Balaban J connectivity index is 1.38. The van der Waals surface area contributed by atoms with E-state index in [0.29, 0.717) is 24.8 Å². The zero-order chi connectivity index (χ0) is 47.2. The highest BCUT2D eigenvalue weighted by atomic mass is 32.2. The van der Waals surface area contributed by atoms with Crippen molar-refractivity contribution in [1.82, 2.24) is 20.4 Å². The maximum atomic E-state index is 17.6. The highest BCUT2D eigenvalue weighted by molar-refractivity contribution is 7.99. The maximum absolute atomic E-state index is 17.6. The molecule has 8 N–H and O–H groups in total. The van der Waals surface area contributed by atoms with Gasteiger partial charge in [0.05, 0.1) is 24.9 Å². The number of amides is 5. The molecule has 4 aliphatic rings. The third-order valence-electron chi connectivity index (χ3n) is 14.0. The van der Waals surface area contributed by atoms with E-state index in [-0.39, 0.29) is 73.8 Å². The van der Waals surface area contributed by atoms with Gasteiger partial charge in [-0.25, -0.2) is 4.39 Å². The summed E-state index contributed by atoms with van der Waals surface area (Å²) in [5.74, 6) is -5.70. The van der Waals surface area contributed by atoms with Gasteiger partial charge in [-0.05, 0) is 81.3 Å². The van der Waals surface area contributed by atoms with Crippen molar-refractivity contribution in [2.75, 3.05) is 50.9 Å². The van der Waals surface area contributed by atoms with E-state index in [4.69, 9.17) is 5.73 Å². The molecule has 4 aliphatic carbocycles. The van der Waals surface area contributed by atoms with Gasteiger partial charge < -0.3 is 46.6 Å². The number of nitrogens with zero attached hydrogens (tertiary/aromatic N) is 2. The average molecular weight is 908 g/mol. The van der Waals surface area contributed by atoms with Crippen LogP contribution >= 0.6 is 11.8 Å². The summed E-state index contributed by atoms with van der Waals surface area (Å²) in [4.78, 5) is 94.2. The fraction of sp³-hybridized carbons (Fsp3) is 0.756. The zero-order valence-corrected chi connectivity index (χ0v) is 38.7. The number of hydrogen-bond acceptors (Lipinski definition) is 12. The van der Waals surface area contributed by atoms with Gasteiger partial charge in [0.1, 0.15) is 17.7 Å². The number of primary amides is 1. The smallest absolute Gasteiger partial charge is 0.245 e. The van der Waals surface area contributed by atoms with Gasteiger partial charge in [-0.3, -0.25) is 33.6 Å². The van der Waals surface area contributed by atoms with E-state index in [9.17, 15) is 54.0 Å². The fourth-order valence-corrected chi connectivity index (χ4v) is 11.8. The van der Waals surface area contributed by atoms with Gasteiger partial charge >= 0.3 is 0 Å². The number of ketones is 2. The SMILES string of the molecule is CC(C)CN(CC(=O)N[C@@H](CCO)C(=O)N(CC(=O)N[C@@H](CCO)C(N)=O)CC(C)C)C(=O)CCSCC(=O)[C@@]1(O)[C@H](C)C[C@H]2[C@@H]3CCC4=CC(=O)C=C[C@]4(C)[C@@]3(F)[C@@H](O)C[C@@]21C. The lowest BCUT2D eigenvalue weighted by molar-refractivity contribution is -0.218. The molecule has 16 nitrogen and oxygen atoms in total. The van der Waals surface area contributed by atoms with Crippen LogP contribution in [0.1, 0.15) is 93.4 Å². The lowest BCUT2D eigenvalue weighted by Gasteiger charge is -2.62. The van der Waals surface area contributed by atoms with Crippen molar-refractivity contribution in [3.05, 3.63) is 23.8 Å². The van der Waals surface area contributed by atoms with E-state index in [1.165, 1.54) is 22.0 Å². The predicted octanol–water partition coefficient (Wildman–Crippen LogP) is 1.22. The standard InChI is InChI=1S/C45H70FN5O11S/c1-26(2)21-50(23-37(57)49-34(12-16-53)41(61)51(22-27(3)4)24-38(58)48-33(11-15-52)40(47)60)39(59)13-17-63-25-36(56)45(62)28(5)18-32-31-9-8-29-19-30(54)10-14-42(29,6)44(31,46)35(55)20-43(32,45)7/h10,14,19,26-28,31-35,52-53,55,62H,8-9,11-13,15-18,20-25H2,1-7H3,(H2,47,60)(H,48,58)(H,49,57)/t28-,31+,32+,33+,34+,35+,42+,43+,44+,45+/m1/s1. The number of fused-ring (bicyclic) bond motifs is 5. The summed E-state index contributed by atoms with van der Waals surface area (Å²) in [6, 6.07) is -2.41. The molecule has 0 heterocycles. The molecule has 0 bridgehead atoms. The number of halogens is 1. The van der Waals surface area contributed by atoms with Crippen LogP contribution in [0.5, 0.6) is 0 Å². The van der Waals surface area contributed by atoms with Crippen molar-refractivity contribution < 1.29 is 58.4 Å². The molecule has 0 aromatic carbocycles. The Kier molecular flexibility index (Phi) is 17.4. The summed E-state index contributed by atoms with van der Waals surface area (Å²) >= 11 is 1.16. The van der Waals surface area contributed by atoms with Crippen LogP contribution in [0.15, 0.2) is 23.8 Å². The second kappa shape index (κ2) is 21.1. The first-order valence-electron chi connectivity index (χ1n) is 22.2. The zero-order valence-electron chi connectivity index (χ0n) is 37.9. The summed E-state index contributed by atoms with van der Waals surface area (Å²) in [7, 11) is 0. The Bertz CT molecular complexity index is 1810. The molecule has 0 aromatic rings. The van der Waals surface area contributed by atoms with Crippen molar-refractivity contribution in [3.63, 3.8) is 0 Å². The molecule has 10 atom stereocenters. The molecule has 0 spiro atoms. The maximum Gasteiger partial charge on any atom is 0.245 e. The molecule has 4 rings (SSSR count). The van der Waals surface area contributed by atoms with Gasteiger partial charge in [-0.15, -0.1) is 0 Å². The normalized spacial score (nSPS) is 30.7. The van der Waals surface area contributed by atoms with E-state index in [1.807, 2.05) is 27.7 Å². The van der Waals surface area contributed by atoms with E-state index >= 15 is 4.39 Å². The first kappa shape index (κ1) is 51.9. The first-order chi connectivity index (χ1) is 29.4. The minimum Gasteiger partial charge on any atom is -0.396 e. The minimum absolute atomic E-state index is 0.0485. The molecule has 354 valence electrons. The lowest BCUT2D eigenvalue weighted by Crippen LogP contribution is -2.69. The highest BCUT2D eigenvalue weighted by Gasteiger charge is 2.75. The summed E-state index contributed by atoms with van der Waals surface area (Å²) in [5, 5.41) is 48.1. The summed E-state index contributed by atoms with van der Waals surface area (Å²) in [6.07, 6.45) is 3.60. The van der Waals surface area contributed by atoms with Gasteiger partial charge in [-0.2, -0.15) is 11.8 Å². The molecule has 0 aromatic heterocycles. The topological polar surface area (TPSA) is 257 Å². The molecular formula is C45H70FN5O11S. The average Bonchev–Trinajstić information content (AvgIpc) is 3.39. The first-order valence-corrected chi connectivity index (χ1v) is 23.4. The van der Waals surface area contributed by atoms with Crippen LogP contribution in [0.3, 0.4) is 0 Å². The van der Waals surface area contributed by atoms with Gasteiger partial charge in [-0.1, -0.05) is 53.2 Å². The van der Waals surface area contributed by atoms with Crippen molar-refractivity contribution in [3.8, 4) is 0 Å². The van der Waals surface area contributed by atoms with Gasteiger partial charge in [0, 0.05) is 55.2 Å². The van der Waals surface area contributed by atoms with Gasteiger partial charge in [0.25, 0.3) is 0 Å². The number of carbonyl (C=O) groups excluding carboxylic acids is 7. The Hall–Kier alpha value is -3.71. The summed E-state index contributed by atoms with van der Waals surface area (Å²) < 4.78 is 17.6. The molecule has 3 fully saturated rings. The number of aliphatic hydroxyl groups is 4. The Labute approximate surface area is 374 Å². The second-order valence-corrected chi connectivity index (χ2v) is 20.4. The molecule has 18 heteroatoms. The minimum atomic E-state index is -2.10.